The van der Waals surface area contributed by atoms with Crippen molar-refractivity contribution in [2.75, 3.05) is 13.1 Å². The summed E-state index contributed by atoms with van der Waals surface area (Å²) >= 11 is 0. The van der Waals surface area contributed by atoms with Gasteiger partial charge in [0.2, 0.25) is 29.5 Å². The first kappa shape index (κ1) is 41.4. The number of nitrogens with one attached hydrogen (secondary N) is 5. The number of likely N-dealkylation sites (tertiary alicyclic amines) is 1. The lowest BCUT2D eigenvalue weighted by Gasteiger charge is -2.34. The van der Waals surface area contributed by atoms with E-state index < -0.39 is 72.2 Å². The third-order valence-corrected chi connectivity index (χ3v) is 9.42. The Morgan fingerprint density at radius 1 is 0.870 bits per heavy atom. The molecule has 1 unspecified atom stereocenters. The third-order valence-electron chi connectivity index (χ3n) is 9.42. The van der Waals surface area contributed by atoms with Crippen molar-refractivity contribution in [3.63, 3.8) is 0 Å². The number of imidazole rings is 1. The Labute approximate surface area is 315 Å². The van der Waals surface area contributed by atoms with Crippen LogP contribution in [0.15, 0.2) is 66.7 Å². The number of allylic oxidation sites excluding steroid dienone is 3. The fraction of sp³-hybridized carbons (Fsp3) is 0.513. The number of aliphatic carboxylic acids is 1. The number of aliphatic hydroxyl groups is 1. The Hall–Kier alpha value is -5.31. The van der Waals surface area contributed by atoms with Gasteiger partial charge in [0.05, 0.1) is 12.4 Å². The van der Waals surface area contributed by atoms with Gasteiger partial charge in [-0.1, -0.05) is 62.4 Å². The first-order chi connectivity index (χ1) is 25.8. The van der Waals surface area contributed by atoms with Crippen LogP contribution in [0.3, 0.4) is 0 Å². The van der Waals surface area contributed by atoms with Crippen molar-refractivity contribution in [2.45, 2.75) is 108 Å². The van der Waals surface area contributed by atoms with Crippen LogP contribution in [-0.2, 0) is 35.2 Å². The zero-order valence-electron chi connectivity index (χ0n) is 31.1. The average molecular weight is 748 g/mol. The first-order valence-corrected chi connectivity index (χ1v) is 18.6. The van der Waals surface area contributed by atoms with E-state index in [0.717, 1.165) is 36.8 Å². The highest BCUT2D eigenvalue weighted by atomic mass is 16.4. The number of rotatable bonds is 19. The molecule has 15 heteroatoms. The molecule has 1 aromatic carbocycles. The molecule has 2 aromatic rings. The highest BCUT2D eigenvalue weighted by Crippen LogP contribution is 2.33. The van der Waals surface area contributed by atoms with E-state index in [2.05, 4.69) is 37.3 Å². The smallest absolute Gasteiger partial charge is 0.303 e. The molecule has 0 saturated carbocycles. The van der Waals surface area contributed by atoms with E-state index in [0.29, 0.717) is 18.8 Å². The number of carbonyl (C=O) groups excluding carboxylic acids is 5. The lowest BCUT2D eigenvalue weighted by atomic mass is 9.81. The number of carboxylic acid groups (broad SMARTS) is 1. The van der Waals surface area contributed by atoms with E-state index in [9.17, 15) is 39.0 Å². The number of aliphatic hydroxyl groups excluding tert-OH is 1. The largest absolute Gasteiger partial charge is 0.481 e. The fourth-order valence-electron chi connectivity index (χ4n) is 6.68. The lowest BCUT2D eigenvalue weighted by Crippen LogP contribution is -2.61. The van der Waals surface area contributed by atoms with Crippen LogP contribution < -0.4 is 21.3 Å². The molecule has 1 aromatic heterocycles. The van der Waals surface area contributed by atoms with Crippen LogP contribution in [0.4, 0.5) is 0 Å². The first-order valence-electron chi connectivity index (χ1n) is 18.6. The second-order valence-electron chi connectivity index (χ2n) is 14.3. The number of hydrogen-bond acceptors (Lipinski definition) is 8. The lowest BCUT2D eigenvalue weighted by molar-refractivity contribution is -0.139. The zero-order chi connectivity index (χ0) is 39.2. The Kier molecular flexibility index (Phi) is 15.5. The second kappa shape index (κ2) is 20.2. The number of amides is 5. The summed E-state index contributed by atoms with van der Waals surface area (Å²) in [6, 6.07) is 4.23. The van der Waals surface area contributed by atoms with Gasteiger partial charge in [-0.3, -0.25) is 28.8 Å². The molecule has 1 aliphatic heterocycles. The molecule has 292 valence electrons. The summed E-state index contributed by atoms with van der Waals surface area (Å²) in [6.07, 6.45) is 10.2. The van der Waals surface area contributed by atoms with Crippen LogP contribution in [0.25, 0.3) is 0 Å². The summed E-state index contributed by atoms with van der Waals surface area (Å²) in [5.74, 6) is -4.95. The molecule has 0 bridgehead atoms. The van der Waals surface area contributed by atoms with Gasteiger partial charge in [-0.15, -0.1) is 0 Å². The number of H-pyrrole nitrogens is 1. The molecule has 1 aliphatic carbocycles. The average Bonchev–Trinajstić information content (AvgIpc) is 3.87. The minimum absolute atomic E-state index is 0.0359. The number of benzene rings is 1. The van der Waals surface area contributed by atoms with E-state index in [1.807, 2.05) is 56.3 Å². The van der Waals surface area contributed by atoms with Gasteiger partial charge in [0.15, 0.2) is 0 Å². The molecule has 2 aliphatic rings. The van der Waals surface area contributed by atoms with Gasteiger partial charge in [0.25, 0.3) is 0 Å². The third kappa shape index (κ3) is 12.1. The standard InChI is InChI=1S/C39H53N7O8/c1-24(2)20-31(48)42-29(16-17-32(49)50)36(51)44-34(25(3)47)38(53)43-30(21-28-22-40-23-41-28)37(52)45-35(39(54)46-18-10-11-19-46)33(26-12-6-4-7-13-26)27-14-8-5-9-15-27/h4,6-8,12-15,22-25,29-30,33-35,47H,5,9-11,16-21H2,1-3H3,(H,40,41)(H,42,48)(H,43,53)(H,44,51)(H,45,52)(H,49,50)/t25-,29+,30+,33?,34+,35+/m1/s1. The summed E-state index contributed by atoms with van der Waals surface area (Å²) < 4.78 is 0. The molecule has 1 fully saturated rings. The highest BCUT2D eigenvalue weighted by molar-refractivity contribution is 5.96. The second-order valence-corrected chi connectivity index (χ2v) is 14.3. The minimum atomic E-state index is -1.60. The number of aromatic amines is 1. The SMILES string of the molecule is CC(C)CC(=O)N[C@@H](CCC(=O)O)C(=O)N[C@H](C(=O)N[C@@H](Cc1cnc[nH]1)C(=O)N[C@H](C(=O)N1CCCC1)C(C1=CCCC=C1)c1ccccc1)[C@@H](C)O. The normalized spacial score (nSPS) is 17.4. The van der Waals surface area contributed by atoms with Crippen LogP contribution in [0.1, 0.15) is 82.9 Å². The molecule has 15 nitrogen and oxygen atoms in total. The Morgan fingerprint density at radius 3 is 2.15 bits per heavy atom. The summed E-state index contributed by atoms with van der Waals surface area (Å²) in [7, 11) is 0. The number of carboxylic acids is 1. The number of nitrogens with zero attached hydrogens (tertiary/aromatic N) is 2. The fourth-order valence-corrected chi connectivity index (χ4v) is 6.68. The Bertz CT molecular complexity index is 1650. The molecule has 6 atom stereocenters. The zero-order valence-corrected chi connectivity index (χ0v) is 31.1. The van der Waals surface area contributed by atoms with E-state index in [1.165, 1.54) is 19.4 Å². The summed E-state index contributed by atoms with van der Waals surface area (Å²) in [5.41, 5.74) is 2.21. The van der Waals surface area contributed by atoms with Crippen molar-refractivity contribution in [2.24, 2.45) is 5.92 Å². The molecule has 0 radical (unpaired) electrons. The van der Waals surface area contributed by atoms with Crippen molar-refractivity contribution >= 4 is 35.5 Å². The van der Waals surface area contributed by atoms with Gasteiger partial charge in [-0.05, 0) is 56.1 Å². The van der Waals surface area contributed by atoms with Gasteiger partial charge < -0.3 is 41.4 Å². The molecule has 1 saturated heterocycles. The Balaban J connectivity index is 1.62. The van der Waals surface area contributed by atoms with Crippen molar-refractivity contribution < 1.29 is 39.0 Å². The molecule has 5 amide bonds. The van der Waals surface area contributed by atoms with Crippen LogP contribution in [0.2, 0.25) is 0 Å². The topological polar surface area (TPSA) is 223 Å². The van der Waals surface area contributed by atoms with Crippen molar-refractivity contribution in [1.82, 2.24) is 36.1 Å². The maximum atomic E-state index is 14.4. The van der Waals surface area contributed by atoms with E-state index in [1.54, 1.807) is 4.90 Å². The van der Waals surface area contributed by atoms with Crippen molar-refractivity contribution in [3.05, 3.63) is 77.9 Å². The number of aromatic nitrogens is 2. The van der Waals surface area contributed by atoms with Gasteiger partial charge >= 0.3 is 5.97 Å². The predicted octanol–water partition coefficient (Wildman–Crippen LogP) is 1.87. The maximum Gasteiger partial charge on any atom is 0.303 e. The molecular weight excluding hydrogens is 694 g/mol. The Morgan fingerprint density at radius 2 is 1.56 bits per heavy atom. The maximum absolute atomic E-state index is 14.4. The van der Waals surface area contributed by atoms with Crippen LogP contribution in [0, 0.1) is 5.92 Å². The quantitative estimate of drug-likeness (QED) is 0.111. The monoisotopic (exact) mass is 747 g/mol. The van der Waals surface area contributed by atoms with Crippen molar-refractivity contribution in [3.8, 4) is 0 Å². The minimum Gasteiger partial charge on any atom is -0.481 e. The van der Waals surface area contributed by atoms with Gasteiger partial charge in [0, 0.05) is 50.2 Å². The summed E-state index contributed by atoms with van der Waals surface area (Å²) in [4.78, 5) is 88.6. The molecule has 54 heavy (non-hydrogen) atoms. The molecule has 0 spiro atoms. The van der Waals surface area contributed by atoms with Crippen LogP contribution >= 0.6 is 0 Å². The predicted molar refractivity (Wildman–Crippen MR) is 199 cm³/mol. The van der Waals surface area contributed by atoms with E-state index in [4.69, 9.17) is 0 Å². The number of hydrogen-bond donors (Lipinski definition) is 7. The van der Waals surface area contributed by atoms with E-state index >= 15 is 0 Å². The molecule has 7 N–H and O–H groups in total. The highest BCUT2D eigenvalue weighted by Gasteiger charge is 2.39. The molecule has 4 rings (SSSR count). The molecular formula is C39H53N7O8. The van der Waals surface area contributed by atoms with Gasteiger partial charge in [-0.2, -0.15) is 0 Å². The summed E-state index contributed by atoms with van der Waals surface area (Å²) in [5, 5.41) is 30.6. The van der Waals surface area contributed by atoms with Crippen LogP contribution in [0.5, 0.6) is 0 Å². The van der Waals surface area contributed by atoms with Crippen molar-refractivity contribution in [1.29, 1.82) is 0 Å². The van der Waals surface area contributed by atoms with Gasteiger partial charge in [-0.25, -0.2) is 4.98 Å². The number of carbonyl (C=O) groups is 6. The van der Waals surface area contributed by atoms with Gasteiger partial charge in [0.1, 0.15) is 24.2 Å². The van der Waals surface area contributed by atoms with Crippen LogP contribution in [-0.4, -0.2) is 104 Å². The summed E-state index contributed by atoms with van der Waals surface area (Å²) in [6.45, 7) is 6.01. The van der Waals surface area contributed by atoms with E-state index in [-0.39, 0.29) is 31.1 Å². The molecule has 2 heterocycles.